The molecule has 0 unspecified atom stereocenters. The number of nitrogens with one attached hydrogen (secondary N) is 1. The summed E-state index contributed by atoms with van der Waals surface area (Å²) >= 11 is 3.51. The van der Waals surface area contributed by atoms with Crippen molar-refractivity contribution in [3.63, 3.8) is 0 Å². The zero-order valence-corrected chi connectivity index (χ0v) is 12.7. The third-order valence-electron chi connectivity index (χ3n) is 2.89. The fourth-order valence-electron chi connectivity index (χ4n) is 1.84. The molecule has 0 amide bonds. The average molecular weight is 321 g/mol. The molecule has 1 heterocycles. The van der Waals surface area contributed by atoms with E-state index in [0.29, 0.717) is 5.88 Å². The van der Waals surface area contributed by atoms with Gasteiger partial charge in [-0.2, -0.15) is 0 Å². The number of hydrogen-bond donors (Lipinski definition) is 1. The van der Waals surface area contributed by atoms with Gasteiger partial charge in [0, 0.05) is 29.8 Å². The molecule has 1 aromatic heterocycles. The summed E-state index contributed by atoms with van der Waals surface area (Å²) in [6.07, 6.45) is 1.76. The number of aromatic nitrogens is 1. The minimum Gasteiger partial charge on any atom is -0.481 e. The van der Waals surface area contributed by atoms with Gasteiger partial charge in [-0.3, -0.25) is 0 Å². The van der Waals surface area contributed by atoms with E-state index >= 15 is 0 Å². The number of rotatable bonds is 5. The number of benzene rings is 1. The SMILES string of the molecule is COc1cc(CNCc2ccc(Br)c(C)c2)ccn1. The van der Waals surface area contributed by atoms with E-state index in [0.717, 1.165) is 17.6 Å². The zero-order valence-electron chi connectivity index (χ0n) is 11.1. The Bertz CT molecular complexity index is 558. The van der Waals surface area contributed by atoms with Crippen molar-refractivity contribution in [1.29, 1.82) is 0 Å². The Morgan fingerprint density at radius 2 is 1.89 bits per heavy atom. The monoisotopic (exact) mass is 320 g/mol. The summed E-state index contributed by atoms with van der Waals surface area (Å²) in [5.74, 6) is 0.652. The molecule has 0 aliphatic carbocycles. The van der Waals surface area contributed by atoms with Gasteiger partial charge in [-0.1, -0.05) is 28.1 Å². The van der Waals surface area contributed by atoms with Crippen LogP contribution in [0.25, 0.3) is 0 Å². The summed E-state index contributed by atoms with van der Waals surface area (Å²) < 4.78 is 6.25. The molecule has 0 saturated carbocycles. The summed E-state index contributed by atoms with van der Waals surface area (Å²) in [6, 6.07) is 10.3. The second-order valence-corrected chi connectivity index (χ2v) is 5.25. The zero-order chi connectivity index (χ0) is 13.7. The summed E-state index contributed by atoms with van der Waals surface area (Å²) in [6.45, 7) is 3.74. The van der Waals surface area contributed by atoms with Crippen molar-refractivity contribution in [3.8, 4) is 5.88 Å². The van der Waals surface area contributed by atoms with Crippen molar-refractivity contribution in [1.82, 2.24) is 10.3 Å². The lowest BCUT2D eigenvalue weighted by atomic mass is 10.1. The minimum atomic E-state index is 0.652. The van der Waals surface area contributed by atoms with Crippen molar-refractivity contribution in [3.05, 3.63) is 57.7 Å². The number of pyridine rings is 1. The van der Waals surface area contributed by atoms with Gasteiger partial charge in [-0.05, 0) is 35.7 Å². The first-order chi connectivity index (χ1) is 9.19. The van der Waals surface area contributed by atoms with E-state index in [4.69, 9.17) is 4.74 Å². The molecule has 2 rings (SSSR count). The Hall–Kier alpha value is -1.39. The lowest BCUT2D eigenvalue weighted by molar-refractivity contribution is 0.397. The molecule has 19 heavy (non-hydrogen) atoms. The van der Waals surface area contributed by atoms with E-state index in [1.165, 1.54) is 16.7 Å². The molecule has 0 fully saturated rings. The molecule has 0 aliphatic rings. The van der Waals surface area contributed by atoms with Gasteiger partial charge in [0.1, 0.15) is 0 Å². The summed E-state index contributed by atoms with van der Waals surface area (Å²) in [4.78, 5) is 4.09. The van der Waals surface area contributed by atoms with Crippen molar-refractivity contribution >= 4 is 15.9 Å². The van der Waals surface area contributed by atoms with Gasteiger partial charge >= 0.3 is 0 Å². The summed E-state index contributed by atoms with van der Waals surface area (Å²) in [5, 5.41) is 3.42. The molecular formula is C15H17BrN2O. The van der Waals surface area contributed by atoms with Crippen LogP contribution in [0.3, 0.4) is 0 Å². The molecule has 1 aromatic carbocycles. The molecule has 0 saturated heterocycles. The largest absolute Gasteiger partial charge is 0.481 e. The highest BCUT2D eigenvalue weighted by Crippen LogP contribution is 2.17. The van der Waals surface area contributed by atoms with Gasteiger partial charge in [0.2, 0.25) is 5.88 Å². The molecule has 0 radical (unpaired) electrons. The Morgan fingerprint density at radius 1 is 1.16 bits per heavy atom. The maximum absolute atomic E-state index is 5.10. The third kappa shape index (κ3) is 4.04. The average Bonchev–Trinajstić information content (AvgIpc) is 2.43. The van der Waals surface area contributed by atoms with Crippen LogP contribution in [0.5, 0.6) is 5.88 Å². The predicted octanol–water partition coefficient (Wildman–Crippen LogP) is 3.45. The van der Waals surface area contributed by atoms with Crippen molar-refractivity contribution in [2.75, 3.05) is 7.11 Å². The van der Waals surface area contributed by atoms with E-state index in [1.807, 2.05) is 12.1 Å². The van der Waals surface area contributed by atoms with Crippen LogP contribution in [-0.2, 0) is 13.1 Å². The highest BCUT2D eigenvalue weighted by atomic mass is 79.9. The number of nitrogens with zero attached hydrogens (tertiary/aromatic N) is 1. The van der Waals surface area contributed by atoms with Gasteiger partial charge in [0.25, 0.3) is 0 Å². The number of halogens is 1. The first kappa shape index (κ1) is 14.0. The van der Waals surface area contributed by atoms with Crippen LogP contribution in [0.15, 0.2) is 41.0 Å². The van der Waals surface area contributed by atoms with Crippen LogP contribution in [0.4, 0.5) is 0 Å². The van der Waals surface area contributed by atoms with Crippen LogP contribution >= 0.6 is 15.9 Å². The lowest BCUT2D eigenvalue weighted by Crippen LogP contribution is -2.12. The number of ether oxygens (including phenoxy) is 1. The first-order valence-corrected chi connectivity index (χ1v) is 6.93. The normalized spacial score (nSPS) is 10.5. The van der Waals surface area contributed by atoms with Gasteiger partial charge in [0.05, 0.1) is 7.11 Å². The maximum atomic E-state index is 5.10. The molecule has 0 spiro atoms. The predicted molar refractivity (Wildman–Crippen MR) is 80.2 cm³/mol. The Labute approximate surface area is 122 Å². The number of methoxy groups -OCH3 is 1. The molecule has 3 nitrogen and oxygen atoms in total. The maximum Gasteiger partial charge on any atom is 0.213 e. The van der Waals surface area contributed by atoms with E-state index in [-0.39, 0.29) is 0 Å². The van der Waals surface area contributed by atoms with Gasteiger partial charge in [-0.25, -0.2) is 4.98 Å². The van der Waals surface area contributed by atoms with Gasteiger partial charge in [-0.15, -0.1) is 0 Å². The second kappa shape index (κ2) is 6.68. The Balaban J connectivity index is 1.90. The van der Waals surface area contributed by atoms with Crippen molar-refractivity contribution in [2.45, 2.75) is 20.0 Å². The van der Waals surface area contributed by atoms with Crippen LogP contribution in [0.1, 0.15) is 16.7 Å². The second-order valence-electron chi connectivity index (χ2n) is 4.39. The molecule has 1 N–H and O–H groups in total. The highest BCUT2D eigenvalue weighted by molar-refractivity contribution is 9.10. The Morgan fingerprint density at radius 3 is 2.58 bits per heavy atom. The van der Waals surface area contributed by atoms with Crippen LogP contribution < -0.4 is 10.1 Å². The molecule has 100 valence electrons. The smallest absolute Gasteiger partial charge is 0.213 e. The quantitative estimate of drug-likeness (QED) is 0.916. The van der Waals surface area contributed by atoms with Crippen molar-refractivity contribution < 1.29 is 4.74 Å². The highest BCUT2D eigenvalue weighted by Gasteiger charge is 1.99. The number of hydrogen-bond acceptors (Lipinski definition) is 3. The van der Waals surface area contributed by atoms with Crippen molar-refractivity contribution in [2.24, 2.45) is 0 Å². The Kier molecular flexibility index (Phi) is 4.93. The summed E-state index contributed by atoms with van der Waals surface area (Å²) in [5.41, 5.74) is 3.70. The van der Waals surface area contributed by atoms with E-state index < -0.39 is 0 Å². The molecule has 0 bridgehead atoms. The van der Waals surface area contributed by atoms with E-state index in [2.05, 4.69) is 51.4 Å². The minimum absolute atomic E-state index is 0.652. The van der Waals surface area contributed by atoms with Crippen LogP contribution in [-0.4, -0.2) is 12.1 Å². The molecular weight excluding hydrogens is 304 g/mol. The van der Waals surface area contributed by atoms with Gasteiger partial charge in [0.15, 0.2) is 0 Å². The topological polar surface area (TPSA) is 34.1 Å². The summed E-state index contributed by atoms with van der Waals surface area (Å²) in [7, 11) is 1.63. The fraction of sp³-hybridized carbons (Fsp3) is 0.267. The first-order valence-electron chi connectivity index (χ1n) is 6.13. The number of aryl methyl sites for hydroxylation is 1. The van der Waals surface area contributed by atoms with E-state index in [1.54, 1.807) is 13.3 Å². The molecule has 0 aliphatic heterocycles. The molecule has 0 atom stereocenters. The molecule has 4 heteroatoms. The van der Waals surface area contributed by atoms with Crippen LogP contribution in [0.2, 0.25) is 0 Å². The lowest BCUT2D eigenvalue weighted by Gasteiger charge is -2.07. The van der Waals surface area contributed by atoms with Gasteiger partial charge < -0.3 is 10.1 Å². The van der Waals surface area contributed by atoms with E-state index in [9.17, 15) is 0 Å². The molecule has 2 aromatic rings. The fourth-order valence-corrected chi connectivity index (χ4v) is 2.09. The third-order valence-corrected chi connectivity index (χ3v) is 3.78. The van der Waals surface area contributed by atoms with Crippen LogP contribution in [0, 0.1) is 6.92 Å². The standard InChI is InChI=1S/C15H17BrN2O/c1-11-7-12(3-4-14(11)16)9-17-10-13-5-6-18-15(8-13)19-2/h3-8,17H,9-10H2,1-2H3.